The predicted molar refractivity (Wildman–Crippen MR) is 36.3 cm³/mol. The van der Waals surface area contributed by atoms with E-state index < -0.39 is 13.0 Å². The number of hydrogen-bond donors (Lipinski definition) is 0. The summed E-state index contributed by atoms with van der Waals surface area (Å²) in [6.45, 7) is 2.12. The van der Waals surface area contributed by atoms with Gasteiger partial charge in [-0.05, 0) is 6.42 Å². The van der Waals surface area contributed by atoms with Gasteiger partial charge >= 0.3 is 0 Å². The fraction of sp³-hybridized carbons (Fsp3) is 1.00. The smallest absolute Gasteiger partial charge is 0.261 e. The second-order valence-corrected chi connectivity index (χ2v) is 2.17. The molecule has 0 N–H and O–H groups in total. The first-order valence-electron chi connectivity index (χ1n) is 3.63. The minimum Gasteiger partial charge on any atom is -0.376 e. The van der Waals surface area contributed by atoms with E-state index in [-0.39, 0.29) is 0 Å². The molecule has 1 nitrogen and oxygen atoms in total. The van der Waals surface area contributed by atoms with Gasteiger partial charge in [0.2, 0.25) is 0 Å². The molecule has 0 amide bonds. The molecule has 0 saturated heterocycles. The maximum atomic E-state index is 11.4. The van der Waals surface area contributed by atoms with Crippen molar-refractivity contribution in [3.05, 3.63) is 0 Å². The van der Waals surface area contributed by atoms with Crippen LogP contribution in [0.3, 0.4) is 0 Å². The molecule has 0 aromatic rings. The molecule has 0 aliphatic rings. The lowest BCUT2D eigenvalue weighted by atomic mass is 10.3. The minimum absolute atomic E-state index is 0.413. The number of rotatable bonds is 6. The van der Waals surface area contributed by atoms with Gasteiger partial charge in [-0.15, -0.1) is 0 Å². The lowest BCUT2D eigenvalue weighted by Crippen LogP contribution is -2.04. The van der Waals surface area contributed by atoms with Crippen molar-refractivity contribution in [2.24, 2.45) is 0 Å². The van der Waals surface area contributed by atoms with Gasteiger partial charge in [-0.1, -0.05) is 19.8 Å². The molecule has 0 bridgehead atoms. The second kappa shape index (κ2) is 6.93. The largest absolute Gasteiger partial charge is 0.376 e. The summed E-state index contributed by atoms with van der Waals surface area (Å²) in [7, 11) is 0. The third-order valence-electron chi connectivity index (χ3n) is 1.14. The van der Waals surface area contributed by atoms with E-state index in [1.54, 1.807) is 0 Å². The molecule has 0 radical (unpaired) electrons. The molecule has 0 fully saturated rings. The Hall–Kier alpha value is -0.180. The van der Waals surface area contributed by atoms with Gasteiger partial charge in [-0.3, -0.25) is 0 Å². The Morgan fingerprint density at radius 1 is 1.30 bits per heavy atom. The zero-order valence-corrected chi connectivity index (χ0v) is 6.28. The molecule has 0 spiro atoms. The molecule has 0 rings (SSSR count). The van der Waals surface area contributed by atoms with Crippen LogP contribution >= 0.6 is 0 Å². The summed E-state index contributed by atoms with van der Waals surface area (Å²) in [5.74, 6) is 0. The summed E-state index contributed by atoms with van der Waals surface area (Å²) in [5.41, 5.74) is 0. The van der Waals surface area contributed by atoms with E-state index in [2.05, 4.69) is 11.7 Å². The average molecular weight is 152 g/mol. The van der Waals surface area contributed by atoms with Crippen molar-refractivity contribution < 1.29 is 13.5 Å². The Balaban J connectivity index is 2.77. The van der Waals surface area contributed by atoms with E-state index in [1.165, 1.54) is 0 Å². The van der Waals surface area contributed by atoms with Crippen LogP contribution in [0.5, 0.6) is 0 Å². The van der Waals surface area contributed by atoms with Crippen LogP contribution in [-0.2, 0) is 4.74 Å². The zero-order valence-electron chi connectivity index (χ0n) is 6.28. The first-order valence-corrected chi connectivity index (χ1v) is 3.63. The quantitative estimate of drug-likeness (QED) is 0.531. The van der Waals surface area contributed by atoms with Crippen molar-refractivity contribution in [2.75, 3.05) is 13.2 Å². The molecular formula is C7H14F2O. The molecule has 10 heavy (non-hydrogen) atoms. The van der Waals surface area contributed by atoms with Crippen molar-refractivity contribution in [1.29, 1.82) is 0 Å². The molecule has 62 valence electrons. The number of alkyl halides is 2. The van der Waals surface area contributed by atoms with Gasteiger partial charge in [0.05, 0.1) is 0 Å². The first-order chi connectivity index (χ1) is 4.77. The summed E-state index contributed by atoms with van der Waals surface area (Å²) in [6, 6.07) is 0. The number of ether oxygens (including phenoxy) is 1. The van der Waals surface area contributed by atoms with Gasteiger partial charge in [0.15, 0.2) is 0 Å². The summed E-state index contributed by atoms with van der Waals surface area (Å²) in [5, 5.41) is 0. The van der Waals surface area contributed by atoms with E-state index in [1.807, 2.05) is 0 Å². The van der Waals surface area contributed by atoms with Crippen LogP contribution in [0, 0.1) is 0 Å². The summed E-state index contributed by atoms with van der Waals surface area (Å²) < 4.78 is 27.5. The topological polar surface area (TPSA) is 9.23 Å². The van der Waals surface area contributed by atoms with Gasteiger partial charge < -0.3 is 4.74 Å². The Bertz CT molecular complexity index is 66.6. The maximum Gasteiger partial charge on any atom is 0.261 e. The molecule has 0 aliphatic heterocycles. The van der Waals surface area contributed by atoms with E-state index in [4.69, 9.17) is 0 Å². The van der Waals surface area contributed by atoms with Crippen LogP contribution in [0.25, 0.3) is 0 Å². The van der Waals surface area contributed by atoms with Gasteiger partial charge in [0.25, 0.3) is 6.43 Å². The van der Waals surface area contributed by atoms with Crippen LogP contribution < -0.4 is 0 Å². The van der Waals surface area contributed by atoms with Gasteiger partial charge in [0.1, 0.15) is 6.61 Å². The van der Waals surface area contributed by atoms with Crippen LogP contribution in [-0.4, -0.2) is 19.6 Å². The van der Waals surface area contributed by atoms with Gasteiger partial charge in [-0.2, -0.15) is 0 Å². The van der Waals surface area contributed by atoms with Crippen molar-refractivity contribution in [3.63, 3.8) is 0 Å². The summed E-state index contributed by atoms with van der Waals surface area (Å²) in [4.78, 5) is 0. The van der Waals surface area contributed by atoms with Gasteiger partial charge in [-0.25, -0.2) is 8.78 Å². The molecule has 0 aliphatic carbocycles. The lowest BCUT2D eigenvalue weighted by Gasteiger charge is -2.01. The Morgan fingerprint density at radius 2 is 2.00 bits per heavy atom. The van der Waals surface area contributed by atoms with Gasteiger partial charge in [0, 0.05) is 6.61 Å². The Labute approximate surface area is 60.4 Å². The number of unbranched alkanes of at least 4 members (excludes halogenated alkanes) is 2. The highest BCUT2D eigenvalue weighted by atomic mass is 19.3. The zero-order chi connectivity index (χ0) is 7.82. The highest BCUT2D eigenvalue weighted by molar-refractivity contribution is 4.37. The highest BCUT2D eigenvalue weighted by Crippen LogP contribution is 1.97. The lowest BCUT2D eigenvalue weighted by molar-refractivity contribution is 0.0163. The minimum atomic E-state index is -2.32. The fourth-order valence-corrected chi connectivity index (χ4v) is 0.627. The van der Waals surface area contributed by atoms with Crippen LogP contribution in [0.2, 0.25) is 0 Å². The van der Waals surface area contributed by atoms with E-state index in [0.717, 1.165) is 19.3 Å². The predicted octanol–water partition coefficient (Wildman–Crippen LogP) is 2.46. The van der Waals surface area contributed by atoms with Crippen molar-refractivity contribution in [1.82, 2.24) is 0 Å². The third-order valence-corrected chi connectivity index (χ3v) is 1.14. The fourth-order valence-electron chi connectivity index (χ4n) is 0.627. The Kier molecular flexibility index (Phi) is 6.81. The molecule has 0 atom stereocenters. The summed E-state index contributed by atoms with van der Waals surface area (Å²) in [6.07, 6.45) is 0.728. The number of hydrogen-bond acceptors (Lipinski definition) is 1. The van der Waals surface area contributed by atoms with E-state index in [9.17, 15) is 8.78 Å². The highest BCUT2D eigenvalue weighted by Gasteiger charge is 1.99. The van der Waals surface area contributed by atoms with Crippen molar-refractivity contribution >= 4 is 0 Å². The Morgan fingerprint density at radius 3 is 2.50 bits per heavy atom. The second-order valence-electron chi connectivity index (χ2n) is 2.17. The van der Waals surface area contributed by atoms with E-state index >= 15 is 0 Å². The number of halogens is 2. The molecule has 0 heterocycles. The standard InChI is InChI=1S/C7H14F2O/c1-2-3-4-5-10-6-7(8)9/h7H,2-6H2,1H3. The first kappa shape index (κ1) is 9.82. The molecular weight excluding hydrogens is 138 g/mol. The normalized spacial score (nSPS) is 10.8. The van der Waals surface area contributed by atoms with Crippen molar-refractivity contribution in [3.8, 4) is 0 Å². The molecule has 0 unspecified atom stereocenters. The van der Waals surface area contributed by atoms with Crippen LogP contribution in [0.4, 0.5) is 8.78 Å². The maximum absolute atomic E-state index is 11.4. The van der Waals surface area contributed by atoms with Crippen LogP contribution in [0.15, 0.2) is 0 Å². The molecule has 3 heteroatoms. The third kappa shape index (κ3) is 7.82. The van der Waals surface area contributed by atoms with E-state index in [0.29, 0.717) is 6.61 Å². The summed E-state index contributed by atoms with van der Waals surface area (Å²) >= 11 is 0. The molecule has 0 aromatic heterocycles. The van der Waals surface area contributed by atoms with Crippen molar-refractivity contribution in [2.45, 2.75) is 32.6 Å². The SMILES string of the molecule is CCCCCOCC(F)F. The monoisotopic (exact) mass is 152 g/mol. The van der Waals surface area contributed by atoms with Crippen LogP contribution in [0.1, 0.15) is 26.2 Å². The average Bonchev–Trinajstić information content (AvgIpc) is 1.87. The molecule has 0 saturated carbocycles. The molecule has 0 aromatic carbocycles.